The van der Waals surface area contributed by atoms with Gasteiger partial charge in [-0.15, -0.1) is 0 Å². The fraction of sp³-hybridized carbons (Fsp3) is 0.412. The molecule has 0 radical (unpaired) electrons. The van der Waals surface area contributed by atoms with Gasteiger partial charge in [0.05, 0.1) is 16.7 Å². The summed E-state index contributed by atoms with van der Waals surface area (Å²) in [7, 11) is -0.421. The molecular weight excluding hydrogens is 354 g/mol. The van der Waals surface area contributed by atoms with Crippen molar-refractivity contribution in [2.45, 2.75) is 36.3 Å². The Morgan fingerprint density at radius 2 is 1.88 bits per heavy atom. The number of nitrogens with zero attached hydrogens (tertiary/aromatic N) is 3. The van der Waals surface area contributed by atoms with E-state index in [9.17, 15) is 13.5 Å². The summed E-state index contributed by atoms with van der Waals surface area (Å²) >= 11 is 0. The van der Waals surface area contributed by atoms with E-state index in [1.54, 1.807) is 24.3 Å². The van der Waals surface area contributed by atoms with E-state index < -0.39 is 10.0 Å². The topological polar surface area (TPSA) is 121 Å². The maximum absolute atomic E-state index is 12.1. The van der Waals surface area contributed by atoms with Crippen molar-refractivity contribution < 1.29 is 13.5 Å². The SMILES string of the molecule is CN(C)S(=O)(=O)c1ccc(CNc2cc(C3CC(O)C3)nc(N)n2)cc1. The maximum atomic E-state index is 12.1. The Bertz CT molecular complexity index is 878. The molecule has 1 aromatic carbocycles. The normalized spacial score (nSPS) is 20.0. The first-order valence-electron chi connectivity index (χ1n) is 8.33. The molecule has 140 valence electrons. The Labute approximate surface area is 153 Å². The summed E-state index contributed by atoms with van der Waals surface area (Å²) in [4.78, 5) is 8.68. The first-order chi connectivity index (χ1) is 12.3. The maximum Gasteiger partial charge on any atom is 0.242 e. The van der Waals surface area contributed by atoms with Gasteiger partial charge in [0.1, 0.15) is 5.82 Å². The minimum absolute atomic E-state index is 0.193. The van der Waals surface area contributed by atoms with Crippen LogP contribution in [0.2, 0.25) is 0 Å². The zero-order valence-electron chi connectivity index (χ0n) is 14.8. The predicted molar refractivity (Wildman–Crippen MR) is 99.1 cm³/mol. The highest BCUT2D eigenvalue weighted by atomic mass is 32.2. The summed E-state index contributed by atoms with van der Waals surface area (Å²) in [6.07, 6.45) is 1.12. The number of sulfonamides is 1. The van der Waals surface area contributed by atoms with Crippen LogP contribution >= 0.6 is 0 Å². The molecule has 0 bridgehead atoms. The molecule has 3 rings (SSSR count). The molecule has 2 aromatic rings. The molecule has 4 N–H and O–H groups in total. The second-order valence-corrected chi connectivity index (χ2v) is 8.80. The summed E-state index contributed by atoms with van der Waals surface area (Å²) in [5.41, 5.74) is 7.53. The van der Waals surface area contributed by atoms with Crippen LogP contribution in [-0.2, 0) is 16.6 Å². The fourth-order valence-electron chi connectivity index (χ4n) is 2.80. The van der Waals surface area contributed by atoms with E-state index in [1.165, 1.54) is 18.4 Å². The molecule has 0 unspecified atom stereocenters. The third kappa shape index (κ3) is 3.95. The number of benzene rings is 1. The number of rotatable bonds is 6. The summed E-state index contributed by atoms with van der Waals surface area (Å²) in [6, 6.07) is 8.54. The third-order valence-electron chi connectivity index (χ3n) is 4.47. The van der Waals surface area contributed by atoms with Gasteiger partial charge in [0, 0.05) is 32.6 Å². The summed E-state index contributed by atoms with van der Waals surface area (Å²) < 4.78 is 25.3. The fourth-order valence-corrected chi connectivity index (χ4v) is 3.70. The van der Waals surface area contributed by atoms with Crippen LogP contribution in [0.5, 0.6) is 0 Å². The van der Waals surface area contributed by atoms with E-state index in [4.69, 9.17) is 5.73 Å². The number of aliphatic hydroxyl groups is 1. The van der Waals surface area contributed by atoms with Crippen molar-refractivity contribution in [1.82, 2.24) is 14.3 Å². The first-order valence-corrected chi connectivity index (χ1v) is 9.77. The van der Waals surface area contributed by atoms with Crippen LogP contribution in [0.1, 0.15) is 30.0 Å². The second-order valence-electron chi connectivity index (χ2n) is 6.64. The molecule has 26 heavy (non-hydrogen) atoms. The van der Waals surface area contributed by atoms with Gasteiger partial charge in [-0.25, -0.2) is 17.7 Å². The molecule has 0 amide bonds. The lowest BCUT2D eigenvalue weighted by molar-refractivity contribution is 0.0732. The lowest BCUT2D eigenvalue weighted by atomic mass is 9.80. The Morgan fingerprint density at radius 1 is 1.23 bits per heavy atom. The minimum Gasteiger partial charge on any atom is -0.393 e. The Balaban J connectivity index is 1.67. The standard InChI is InChI=1S/C17H23N5O3S/c1-22(2)26(24,25)14-5-3-11(4-6-14)10-19-16-9-15(20-17(18)21-16)12-7-13(23)8-12/h3-6,9,12-13,23H,7-8,10H2,1-2H3,(H3,18,19,20,21). The van der Waals surface area contributed by atoms with Crippen LogP contribution in [0.25, 0.3) is 0 Å². The number of hydrogen-bond donors (Lipinski definition) is 3. The van der Waals surface area contributed by atoms with Gasteiger partial charge in [0.2, 0.25) is 16.0 Å². The number of nitrogen functional groups attached to an aromatic ring is 1. The number of hydrogen-bond acceptors (Lipinski definition) is 7. The summed E-state index contributed by atoms with van der Waals surface area (Å²) in [6.45, 7) is 0.478. The molecule has 1 fully saturated rings. The zero-order valence-corrected chi connectivity index (χ0v) is 15.6. The van der Waals surface area contributed by atoms with E-state index >= 15 is 0 Å². The quantitative estimate of drug-likeness (QED) is 0.690. The smallest absolute Gasteiger partial charge is 0.242 e. The van der Waals surface area contributed by atoms with E-state index in [-0.39, 0.29) is 22.9 Å². The van der Waals surface area contributed by atoms with E-state index in [0.717, 1.165) is 11.3 Å². The van der Waals surface area contributed by atoms with E-state index in [0.29, 0.717) is 25.2 Å². The van der Waals surface area contributed by atoms with Crippen molar-refractivity contribution in [3.05, 3.63) is 41.6 Å². The van der Waals surface area contributed by atoms with Crippen LogP contribution in [0.15, 0.2) is 35.2 Å². The largest absolute Gasteiger partial charge is 0.393 e. The average molecular weight is 377 g/mol. The molecule has 1 heterocycles. The number of anilines is 2. The van der Waals surface area contributed by atoms with Crippen LogP contribution in [-0.4, -0.2) is 48.0 Å². The van der Waals surface area contributed by atoms with Gasteiger partial charge in [-0.2, -0.15) is 4.98 Å². The van der Waals surface area contributed by atoms with E-state index in [1.807, 2.05) is 6.07 Å². The molecule has 0 aliphatic heterocycles. The lowest BCUT2D eigenvalue weighted by Gasteiger charge is -2.30. The van der Waals surface area contributed by atoms with Gasteiger partial charge >= 0.3 is 0 Å². The van der Waals surface area contributed by atoms with Crippen molar-refractivity contribution in [2.24, 2.45) is 0 Å². The summed E-state index contributed by atoms with van der Waals surface area (Å²) in [5.74, 6) is 1.02. The van der Waals surface area contributed by atoms with Crippen molar-refractivity contribution in [3.8, 4) is 0 Å². The molecule has 8 nitrogen and oxygen atoms in total. The summed E-state index contributed by atoms with van der Waals surface area (Å²) in [5, 5.41) is 12.6. The van der Waals surface area contributed by atoms with Gasteiger partial charge < -0.3 is 16.2 Å². The number of aromatic nitrogens is 2. The Morgan fingerprint density at radius 3 is 2.46 bits per heavy atom. The van der Waals surface area contributed by atoms with Gasteiger partial charge in [-0.3, -0.25) is 0 Å². The number of aliphatic hydroxyl groups excluding tert-OH is 1. The molecule has 1 aromatic heterocycles. The molecule has 0 saturated heterocycles. The molecule has 1 aliphatic carbocycles. The van der Waals surface area contributed by atoms with Crippen LogP contribution < -0.4 is 11.1 Å². The highest BCUT2D eigenvalue weighted by Crippen LogP contribution is 2.36. The highest BCUT2D eigenvalue weighted by Gasteiger charge is 2.30. The molecule has 1 aliphatic rings. The van der Waals surface area contributed by atoms with Crippen LogP contribution in [0, 0.1) is 0 Å². The number of nitrogens with one attached hydrogen (secondary N) is 1. The molecule has 9 heteroatoms. The van der Waals surface area contributed by atoms with Crippen LogP contribution in [0.4, 0.5) is 11.8 Å². The van der Waals surface area contributed by atoms with Crippen molar-refractivity contribution in [3.63, 3.8) is 0 Å². The van der Waals surface area contributed by atoms with Gasteiger partial charge in [-0.05, 0) is 30.5 Å². The molecule has 0 spiro atoms. The first kappa shape index (κ1) is 18.6. The van der Waals surface area contributed by atoms with Crippen molar-refractivity contribution in [1.29, 1.82) is 0 Å². The van der Waals surface area contributed by atoms with Gasteiger partial charge in [0.25, 0.3) is 0 Å². The molecule has 1 saturated carbocycles. The average Bonchev–Trinajstić information content (AvgIpc) is 2.57. The predicted octanol–water partition coefficient (Wildman–Crippen LogP) is 1.16. The highest BCUT2D eigenvalue weighted by molar-refractivity contribution is 7.89. The Hall–Kier alpha value is -2.23. The second kappa shape index (κ2) is 7.18. The third-order valence-corrected chi connectivity index (χ3v) is 6.30. The monoisotopic (exact) mass is 377 g/mol. The zero-order chi connectivity index (χ0) is 18.9. The lowest BCUT2D eigenvalue weighted by Crippen LogP contribution is -2.27. The molecular formula is C17H23N5O3S. The Kier molecular flexibility index (Phi) is 5.12. The van der Waals surface area contributed by atoms with Crippen molar-refractivity contribution in [2.75, 3.05) is 25.1 Å². The van der Waals surface area contributed by atoms with E-state index in [2.05, 4.69) is 15.3 Å². The van der Waals surface area contributed by atoms with Crippen LogP contribution in [0.3, 0.4) is 0 Å². The minimum atomic E-state index is -3.43. The van der Waals surface area contributed by atoms with Gasteiger partial charge in [-0.1, -0.05) is 12.1 Å². The van der Waals surface area contributed by atoms with Crippen molar-refractivity contribution >= 4 is 21.8 Å². The number of nitrogens with two attached hydrogens (primary N) is 1. The molecule has 0 atom stereocenters. The van der Waals surface area contributed by atoms with Gasteiger partial charge in [0.15, 0.2) is 0 Å².